The SMILES string of the molecule is CS(=O)(=O)c1cccc(OCC(O)CCCCS(=O)(=O)NCCCCCCC(=O)O)c1. The summed E-state index contributed by atoms with van der Waals surface area (Å²) in [5, 5.41) is 18.5. The Morgan fingerprint density at radius 3 is 2.45 bits per heavy atom. The van der Waals surface area contributed by atoms with Crippen LogP contribution in [0.15, 0.2) is 29.2 Å². The third-order valence-electron chi connectivity index (χ3n) is 4.52. The summed E-state index contributed by atoms with van der Waals surface area (Å²) in [6.45, 7) is 0.318. The normalized spacial score (nSPS) is 13.1. The molecule has 1 aromatic carbocycles. The Morgan fingerprint density at radius 1 is 1.06 bits per heavy atom. The van der Waals surface area contributed by atoms with Crippen LogP contribution in [0.2, 0.25) is 0 Å². The average molecular weight is 480 g/mol. The standard InChI is InChI=1S/C20H33NO8S2/c1-30(25,26)19-11-8-10-18(15-19)29-16-17(22)9-5-7-14-31(27,28)21-13-6-3-2-4-12-20(23)24/h8,10-11,15,17,21-22H,2-7,9,12-14,16H2,1H3,(H,23,24). The quantitative estimate of drug-likeness (QED) is 0.287. The second kappa shape index (κ2) is 13.7. The van der Waals surface area contributed by atoms with Crippen molar-refractivity contribution in [1.82, 2.24) is 4.72 Å². The molecule has 0 fully saturated rings. The maximum atomic E-state index is 12.0. The molecule has 0 aliphatic rings. The highest BCUT2D eigenvalue weighted by Crippen LogP contribution is 2.18. The Morgan fingerprint density at radius 2 is 1.77 bits per heavy atom. The summed E-state index contributed by atoms with van der Waals surface area (Å²) in [5.41, 5.74) is 0. The van der Waals surface area contributed by atoms with Crippen molar-refractivity contribution in [2.75, 3.05) is 25.2 Å². The summed E-state index contributed by atoms with van der Waals surface area (Å²) in [4.78, 5) is 10.5. The van der Waals surface area contributed by atoms with E-state index in [0.717, 1.165) is 19.1 Å². The zero-order valence-corrected chi connectivity index (χ0v) is 19.5. The molecule has 9 nitrogen and oxygen atoms in total. The van der Waals surface area contributed by atoms with Crippen molar-refractivity contribution >= 4 is 25.8 Å². The predicted molar refractivity (Wildman–Crippen MR) is 117 cm³/mol. The van der Waals surface area contributed by atoms with Crippen molar-refractivity contribution in [3.05, 3.63) is 24.3 Å². The molecule has 0 bridgehead atoms. The number of hydrogen-bond donors (Lipinski definition) is 3. The monoisotopic (exact) mass is 479 g/mol. The summed E-state index contributed by atoms with van der Waals surface area (Å²) in [5.74, 6) is -0.508. The summed E-state index contributed by atoms with van der Waals surface area (Å²) in [7, 11) is -6.71. The van der Waals surface area contributed by atoms with E-state index in [4.69, 9.17) is 9.84 Å². The highest BCUT2D eigenvalue weighted by molar-refractivity contribution is 7.90. The number of aliphatic hydroxyl groups is 1. The highest BCUT2D eigenvalue weighted by Gasteiger charge is 2.12. The molecular weight excluding hydrogens is 446 g/mol. The van der Waals surface area contributed by atoms with Crippen LogP contribution in [0.1, 0.15) is 51.4 Å². The van der Waals surface area contributed by atoms with E-state index in [1.54, 1.807) is 12.1 Å². The van der Waals surface area contributed by atoms with Gasteiger partial charge in [0.15, 0.2) is 9.84 Å². The van der Waals surface area contributed by atoms with Gasteiger partial charge in [-0.25, -0.2) is 21.6 Å². The molecule has 1 aromatic rings. The largest absolute Gasteiger partial charge is 0.491 e. The van der Waals surface area contributed by atoms with Gasteiger partial charge in [-0.1, -0.05) is 18.9 Å². The van der Waals surface area contributed by atoms with Crippen LogP contribution in [0.4, 0.5) is 0 Å². The molecule has 178 valence electrons. The summed E-state index contributed by atoms with van der Waals surface area (Å²) in [6.07, 6.45) is 4.50. The number of carboxylic acids is 1. The second-order valence-electron chi connectivity index (χ2n) is 7.48. The van der Waals surface area contributed by atoms with Gasteiger partial charge in [0, 0.05) is 19.2 Å². The number of nitrogens with one attached hydrogen (secondary N) is 1. The van der Waals surface area contributed by atoms with Crippen molar-refractivity contribution in [3.63, 3.8) is 0 Å². The molecule has 3 N–H and O–H groups in total. The average Bonchev–Trinajstić information content (AvgIpc) is 2.68. The minimum Gasteiger partial charge on any atom is -0.491 e. The first kappa shape index (κ1) is 27.3. The van der Waals surface area contributed by atoms with Crippen molar-refractivity contribution in [3.8, 4) is 5.75 Å². The molecule has 0 aromatic heterocycles. The molecule has 0 saturated carbocycles. The smallest absolute Gasteiger partial charge is 0.303 e. The highest BCUT2D eigenvalue weighted by atomic mass is 32.2. The lowest BCUT2D eigenvalue weighted by Crippen LogP contribution is -2.27. The van der Waals surface area contributed by atoms with Crippen LogP contribution >= 0.6 is 0 Å². The molecular formula is C20H33NO8S2. The van der Waals surface area contributed by atoms with Crippen molar-refractivity contribution in [2.24, 2.45) is 0 Å². The van der Waals surface area contributed by atoms with Crippen molar-refractivity contribution in [1.29, 1.82) is 0 Å². The number of carbonyl (C=O) groups is 1. The molecule has 0 aliphatic carbocycles. The van der Waals surface area contributed by atoms with Gasteiger partial charge in [0.05, 0.1) is 16.8 Å². The maximum absolute atomic E-state index is 12.0. The van der Waals surface area contributed by atoms with Gasteiger partial charge in [-0.05, 0) is 50.3 Å². The molecule has 0 aliphatic heterocycles. The molecule has 31 heavy (non-hydrogen) atoms. The third kappa shape index (κ3) is 13.4. The number of unbranched alkanes of at least 4 members (excludes halogenated alkanes) is 4. The van der Waals surface area contributed by atoms with Gasteiger partial charge in [0.1, 0.15) is 12.4 Å². The molecule has 0 amide bonds. The van der Waals surface area contributed by atoms with Crippen LogP contribution < -0.4 is 9.46 Å². The summed E-state index contributed by atoms with van der Waals surface area (Å²) in [6, 6.07) is 6.02. The van der Waals surface area contributed by atoms with Crippen molar-refractivity contribution < 1.29 is 36.6 Å². The van der Waals surface area contributed by atoms with Gasteiger partial charge in [0.2, 0.25) is 10.0 Å². The lowest BCUT2D eigenvalue weighted by Gasteiger charge is -2.13. The van der Waals surface area contributed by atoms with E-state index >= 15 is 0 Å². The fraction of sp³-hybridized carbons (Fsp3) is 0.650. The maximum Gasteiger partial charge on any atom is 0.303 e. The summed E-state index contributed by atoms with van der Waals surface area (Å²) >= 11 is 0. The Hall–Kier alpha value is -1.69. The van der Waals surface area contributed by atoms with E-state index in [0.29, 0.717) is 44.4 Å². The van der Waals surface area contributed by atoms with Gasteiger partial charge in [-0.15, -0.1) is 0 Å². The topological polar surface area (TPSA) is 147 Å². The molecule has 1 atom stereocenters. The first-order valence-electron chi connectivity index (χ1n) is 10.3. The lowest BCUT2D eigenvalue weighted by molar-refractivity contribution is -0.137. The van der Waals surface area contributed by atoms with Gasteiger partial charge in [-0.2, -0.15) is 0 Å². The molecule has 0 heterocycles. The fourth-order valence-corrected chi connectivity index (χ4v) is 4.64. The minimum atomic E-state index is -3.37. The van der Waals surface area contributed by atoms with E-state index in [1.165, 1.54) is 12.1 Å². The van der Waals surface area contributed by atoms with E-state index in [9.17, 15) is 26.7 Å². The predicted octanol–water partition coefficient (Wildman–Crippen LogP) is 1.95. The Labute approximate surface area is 184 Å². The van der Waals surface area contributed by atoms with Crippen molar-refractivity contribution in [2.45, 2.75) is 62.4 Å². The number of ether oxygens (including phenoxy) is 1. The number of benzene rings is 1. The zero-order valence-electron chi connectivity index (χ0n) is 17.8. The third-order valence-corrected chi connectivity index (χ3v) is 7.10. The Kier molecular flexibility index (Phi) is 12.1. The van der Waals surface area contributed by atoms with Crippen LogP contribution in [0.25, 0.3) is 0 Å². The molecule has 0 spiro atoms. The Bertz CT molecular complexity index is 884. The number of sulfone groups is 1. The molecule has 11 heteroatoms. The van der Waals surface area contributed by atoms with Crippen LogP contribution in [0.3, 0.4) is 0 Å². The molecule has 1 rings (SSSR count). The number of aliphatic hydroxyl groups excluding tert-OH is 1. The molecule has 1 unspecified atom stereocenters. The minimum absolute atomic E-state index is 0.0138. The number of sulfonamides is 1. The van der Waals surface area contributed by atoms with Gasteiger partial charge >= 0.3 is 5.97 Å². The fourth-order valence-electron chi connectivity index (χ4n) is 2.80. The lowest BCUT2D eigenvalue weighted by atomic mass is 10.1. The van der Waals surface area contributed by atoms with E-state index in [2.05, 4.69) is 4.72 Å². The van der Waals surface area contributed by atoms with Gasteiger partial charge in [-0.3, -0.25) is 4.79 Å². The Balaban J connectivity index is 2.17. The molecule has 0 radical (unpaired) electrons. The molecule has 0 saturated heterocycles. The van der Waals surface area contributed by atoms with E-state index in [-0.39, 0.29) is 23.7 Å². The number of aliphatic carboxylic acids is 1. The number of rotatable bonds is 17. The first-order valence-corrected chi connectivity index (χ1v) is 13.8. The van der Waals surface area contributed by atoms with Crippen LogP contribution in [0.5, 0.6) is 5.75 Å². The number of carboxylic acid groups (broad SMARTS) is 1. The van der Waals surface area contributed by atoms with Gasteiger partial charge < -0.3 is 14.9 Å². The van der Waals surface area contributed by atoms with Crippen LogP contribution in [-0.2, 0) is 24.7 Å². The first-order chi connectivity index (χ1) is 14.5. The zero-order chi connectivity index (χ0) is 23.3. The van der Waals surface area contributed by atoms with Gasteiger partial charge in [0.25, 0.3) is 0 Å². The summed E-state index contributed by atoms with van der Waals surface area (Å²) < 4.78 is 55.0. The van der Waals surface area contributed by atoms with E-state index < -0.39 is 31.9 Å². The second-order valence-corrected chi connectivity index (χ2v) is 11.4. The number of hydrogen-bond acceptors (Lipinski definition) is 7. The van der Waals surface area contributed by atoms with Crippen LogP contribution in [0, 0.1) is 0 Å². The van der Waals surface area contributed by atoms with Crippen LogP contribution in [-0.4, -0.2) is 64.3 Å². The van der Waals surface area contributed by atoms with E-state index in [1.807, 2.05) is 0 Å².